The van der Waals surface area contributed by atoms with Gasteiger partial charge in [-0.05, 0) is 49.3 Å². The Morgan fingerprint density at radius 1 is 0.625 bits per heavy atom. The SMILES string of the molecule is OB(O)c1ccc2c3c(cccc13)C21c2cccc3cccc1c23. The molecule has 2 aliphatic carbocycles. The topological polar surface area (TPSA) is 40.5 Å². The van der Waals surface area contributed by atoms with Crippen LogP contribution in [0.1, 0.15) is 22.3 Å². The third-order valence-electron chi connectivity index (χ3n) is 5.87. The summed E-state index contributed by atoms with van der Waals surface area (Å²) in [6, 6.07) is 23.2. The Hall–Kier alpha value is -2.62. The van der Waals surface area contributed by atoms with E-state index in [0.717, 1.165) is 5.39 Å². The van der Waals surface area contributed by atoms with Crippen LogP contribution in [0.15, 0.2) is 66.7 Å². The van der Waals surface area contributed by atoms with Crippen LogP contribution >= 0.6 is 0 Å². The summed E-state index contributed by atoms with van der Waals surface area (Å²) >= 11 is 0. The van der Waals surface area contributed by atoms with Gasteiger partial charge in [-0.1, -0.05) is 66.7 Å². The van der Waals surface area contributed by atoms with Gasteiger partial charge >= 0.3 is 7.12 Å². The van der Waals surface area contributed by atoms with Crippen molar-refractivity contribution < 1.29 is 10.0 Å². The van der Waals surface area contributed by atoms with E-state index < -0.39 is 7.12 Å². The van der Waals surface area contributed by atoms with Crippen LogP contribution in [0.2, 0.25) is 0 Å². The van der Waals surface area contributed by atoms with E-state index in [4.69, 9.17) is 0 Å². The molecule has 6 rings (SSSR count). The van der Waals surface area contributed by atoms with Gasteiger partial charge in [-0.25, -0.2) is 0 Å². The average Bonchev–Trinajstić information content (AvgIpc) is 2.59. The first kappa shape index (κ1) is 12.8. The summed E-state index contributed by atoms with van der Waals surface area (Å²) < 4.78 is 0. The molecule has 1 spiro atoms. The largest absolute Gasteiger partial charge is 0.489 e. The maximum atomic E-state index is 9.67. The highest BCUT2D eigenvalue weighted by Crippen LogP contribution is 2.64. The average molecular weight is 308 g/mol. The van der Waals surface area contributed by atoms with E-state index >= 15 is 0 Å². The van der Waals surface area contributed by atoms with E-state index in [-0.39, 0.29) is 5.41 Å². The zero-order valence-electron chi connectivity index (χ0n) is 12.8. The van der Waals surface area contributed by atoms with Gasteiger partial charge in [-0.3, -0.25) is 0 Å². The van der Waals surface area contributed by atoms with E-state index in [0.29, 0.717) is 5.46 Å². The van der Waals surface area contributed by atoms with Crippen LogP contribution in [-0.4, -0.2) is 17.2 Å². The summed E-state index contributed by atoms with van der Waals surface area (Å²) in [5, 5.41) is 24.1. The Morgan fingerprint density at radius 2 is 1.21 bits per heavy atom. The molecule has 0 fully saturated rings. The molecule has 0 radical (unpaired) electrons. The second-order valence-electron chi connectivity index (χ2n) is 6.76. The van der Waals surface area contributed by atoms with E-state index in [9.17, 15) is 10.0 Å². The molecule has 2 N–H and O–H groups in total. The molecule has 0 saturated heterocycles. The normalized spacial score (nSPS) is 15.4. The minimum atomic E-state index is -1.44. The van der Waals surface area contributed by atoms with Crippen LogP contribution < -0.4 is 5.46 Å². The maximum Gasteiger partial charge on any atom is 0.489 e. The second kappa shape index (κ2) is 3.89. The fourth-order valence-electron chi connectivity index (χ4n) is 4.99. The van der Waals surface area contributed by atoms with Crippen LogP contribution in [0.25, 0.3) is 21.5 Å². The molecule has 4 aromatic rings. The summed E-state index contributed by atoms with van der Waals surface area (Å²) in [5.41, 5.74) is 5.74. The van der Waals surface area contributed by atoms with Crippen LogP contribution in [0.5, 0.6) is 0 Å². The Morgan fingerprint density at radius 3 is 1.88 bits per heavy atom. The van der Waals surface area contributed by atoms with Crippen molar-refractivity contribution in [1.82, 2.24) is 0 Å². The molecule has 0 heterocycles. The highest BCUT2D eigenvalue weighted by molar-refractivity contribution is 6.62. The molecule has 0 atom stereocenters. The number of rotatable bonds is 1. The van der Waals surface area contributed by atoms with Crippen molar-refractivity contribution >= 4 is 34.1 Å². The highest BCUT2D eigenvalue weighted by Gasteiger charge is 2.54. The molecule has 0 saturated carbocycles. The van der Waals surface area contributed by atoms with Gasteiger partial charge in [0.2, 0.25) is 0 Å². The summed E-state index contributed by atoms with van der Waals surface area (Å²) in [4.78, 5) is 0. The number of hydrogen-bond acceptors (Lipinski definition) is 2. The van der Waals surface area contributed by atoms with Gasteiger partial charge in [-0.2, -0.15) is 0 Å². The number of benzene rings is 4. The van der Waals surface area contributed by atoms with E-state index in [2.05, 4.69) is 48.5 Å². The minimum Gasteiger partial charge on any atom is -0.423 e. The first-order valence-corrected chi connectivity index (χ1v) is 8.20. The van der Waals surface area contributed by atoms with Gasteiger partial charge in [0.25, 0.3) is 0 Å². The standard InChI is InChI=1S/C21H13BO2/c23-22(24)18-11-10-17-20-13(18)6-3-9-16(20)21(17)14-7-1-4-12-5-2-8-15(21)19(12)14/h1-11,23-24H. The van der Waals surface area contributed by atoms with E-state index in [1.165, 1.54) is 38.4 Å². The number of fused-ring (bicyclic) bond motifs is 4. The second-order valence-corrected chi connectivity index (χ2v) is 6.76. The zero-order chi connectivity index (χ0) is 16.1. The summed E-state index contributed by atoms with van der Waals surface area (Å²) in [5.74, 6) is 0. The Labute approximate surface area is 139 Å². The van der Waals surface area contributed by atoms with Crippen LogP contribution in [0.4, 0.5) is 0 Å². The van der Waals surface area contributed by atoms with Crippen molar-refractivity contribution in [2.24, 2.45) is 0 Å². The van der Waals surface area contributed by atoms with Gasteiger partial charge in [0, 0.05) is 0 Å². The van der Waals surface area contributed by atoms with Crippen molar-refractivity contribution in [3.8, 4) is 0 Å². The molecule has 4 aromatic carbocycles. The summed E-state index contributed by atoms with van der Waals surface area (Å²) in [6.45, 7) is 0. The van der Waals surface area contributed by atoms with Crippen molar-refractivity contribution in [1.29, 1.82) is 0 Å². The van der Waals surface area contributed by atoms with Crippen LogP contribution in [-0.2, 0) is 5.41 Å². The lowest BCUT2D eigenvalue weighted by molar-refractivity contribution is 0.426. The fourth-order valence-corrected chi connectivity index (χ4v) is 4.99. The maximum absolute atomic E-state index is 9.67. The third-order valence-corrected chi connectivity index (χ3v) is 5.87. The van der Waals surface area contributed by atoms with E-state index in [1.54, 1.807) is 0 Å². The van der Waals surface area contributed by atoms with Gasteiger partial charge in [0.05, 0.1) is 5.41 Å². The quantitative estimate of drug-likeness (QED) is 0.459. The fraction of sp³-hybridized carbons (Fsp3) is 0.0476. The molecular weight excluding hydrogens is 295 g/mol. The molecule has 3 heteroatoms. The predicted octanol–water partition coefficient (Wildman–Crippen LogP) is 2.68. The van der Waals surface area contributed by atoms with E-state index in [1.807, 2.05) is 18.2 Å². The van der Waals surface area contributed by atoms with Gasteiger partial charge < -0.3 is 10.0 Å². The summed E-state index contributed by atoms with van der Waals surface area (Å²) in [7, 11) is -1.44. The molecule has 0 aromatic heterocycles. The molecule has 2 nitrogen and oxygen atoms in total. The molecular formula is C21H13BO2. The highest BCUT2D eigenvalue weighted by atomic mass is 16.4. The first-order chi connectivity index (χ1) is 11.7. The minimum absolute atomic E-state index is 0.135. The third kappa shape index (κ3) is 1.12. The van der Waals surface area contributed by atoms with Crippen molar-refractivity contribution in [2.45, 2.75) is 5.41 Å². The molecule has 24 heavy (non-hydrogen) atoms. The van der Waals surface area contributed by atoms with Crippen molar-refractivity contribution in [3.63, 3.8) is 0 Å². The van der Waals surface area contributed by atoms with Gasteiger partial charge in [-0.15, -0.1) is 0 Å². The summed E-state index contributed by atoms with van der Waals surface area (Å²) in [6.07, 6.45) is 0. The van der Waals surface area contributed by atoms with Crippen LogP contribution in [0, 0.1) is 0 Å². The molecule has 0 bridgehead atoms. The zero-order valence-corrected chi connectivity index (χ0v) is 12.8. The molecule has 0 amide bonds. The van der Waals surface area contributed by atoms with Crippen molar-refractivity contribution in [3.05, 3.63) is 89.0 Å². The van der Waals surface area contributed by atoms with Crippen molar-refractivity contribution in [2.75, 3.05) is 0 Å². The molecule has 0 aliphatic heterocycles. The number of hydrogen-bond donors (Lipinski definition) is 2. The van der Waals surface area contributed by atoms with Crippen LogP contribution in [0.3, 0.4) is 0 Å². The molecule has 2 aliphatic rings. The lowest BCUT2D eigenvalue weighted by Gasteiger charge is -2.52. The Bertz CT molecular complexity index is 1140. The molecule has 112 valence electrons. The lowest BCUT2D eigenvalue weighted by atomic mass is 9.48. The molecule has 0 unspecified atom stereocenters. The lowest BCUT2D eigenvalue weighted by Crippen LogP contribution is -2.45. The Kier molecular flexibility index (Phi) is 2.07. The smallest absolute Gasteiger partial charge is 0.423 e. The monoisotopic (exact) mass is 308 g/mol. The van der Waals surface area contributed by atoms with Gasteiger partial charge in [0.1, 0.15) is 0 Å². The predicted molar refractivity (Wildman–Crippen MR) is 96.7 cm³/mol. The Balaban J connectivity index is 1.74. The first-order valence-electron chi connectivity index (χ1n) is 8.20. The van der Waals surface area contributed by atoms with Gasteiger partial charge in [0.15, 0.2) is 0 Å².